The maximum Gasteiger partial charge on any atom is 0.287 e. The van der Waals surface area contributed by atoms with E-state index in [2.05, 4.69) is 12.1 Å². The molecule has 0 fully saturated rings. The zero-order valence-corrected chi connectivity index (χ0v) is 7.99. The topological polar surface area (TPSA) is 26.0 Å². The molecule has 0 unspecified atom stereocenters. The number of anilines is 1. The van der Waals surface area contributed by atoms with Crippen LogP contribution >= 0.6 is 22.7 Å². The number of nitrogens with two attached hydrogens (primary N) is 1. The van der Waals surface area contributed by atoms with Crippen LogP contribution in [0.4, 0.5) is 5.00 Å². The van der Waals surface area contributed by atoms with E-state index < -0.39 is 0 Å². The Bertz CT molecular complexity index is 367. The molecular weight excluding hydrogens is 186 g/mol. The van der Waals surface area contributed by atoms with E-state index in [0.717, 1.165) is 5.00 Å². The molecule has 2 N–H and O–H groups in total. The summed E-state index contributed by atoms with van der Waals surface area (Å²) >= 11 is 3.33. The Hall–Kier alpha value is -0.930. The van der Waals surface area contributed by atoms with Gasteiger partial charge in [0.2, 0.25) is 5.00 Å². The third kappa shape index (κ3) is 1.47. The molecule has 3 heteroatoms. The highest BCUT2D eigenvalue weighted by Crippen LogP contribution is 2.33. The highest BCUT2D eigenvalue weighted by atomic mass is 32.2. The Kier molecular flexibility index (Phi) is 2.06. The minimum Gasteiger partial charge on any atom is -0.370 e. The first kappa shape index (κ1) is 7.71. The van der Waals surface area contributed by atoms with Crippen molar-refractivity contribution in [1.29, 1.82) is 0 Å². The summed E-state index contributed by atoms with van der Waals surface area (Å²) in [5, 5.41) is 2.87. The van der Waals surface area contributed by atoms with Crippen LogP contribution in [0.5, 0.6) is 0 Å². The van der Waals surface area contributed by atoms with Gasteiger partial charge in [-0.3, -0.25) is 0 Å². The Balaban J connectivity index is 2.45. The van der Waals surface area contributed by atoms with Gasteiger partial charge in [-0.05, 0) is 12.1 Å². The maximum atomic E-state index is 5.64. The van der Waals surface area contributed by atoms with Crippen LogP contribution < -0.4 is 5.73 Å². The summed E-state index contributed by atoms with van der Waals surface area (Å²) in [5.41, 5.74) is 6.90. The minimum absolute atomic E-state index is 0.888. The normalized spacial score (nSPS) is 10.0. The van der Waals surface area contributed by atoms with Crippen molar-refractivity contribution in [3.8, 4) is 9.75 Å². The summed E-state index contributed by atoms with van der Waals surface area (Å²) in [5.74, 6) is 0. The SMILES string of the molecule is Nc1c[s+]c(-c2ccccc2)s1. The number of rotatable bonds is 1. The van der Waals surface area contributed by atoms with E-state index in [0.29, 0.717) is 0 Å². The first-order valence-electron chi connectivity index (χ1n) is 3.59. The summed E-state index contributed by atoms with van der Waals surface area (Å²) in [6.45, 7) is 0. The number of hydrogen-bond acceptors (Lipinski definition) is 2. The van der Waals surface area contributed by atoms with Crippen LogP contribution in [0.2, 0.25) is 0 Å². The summed E-state index contributed by atoms with van der Waals surface area (Å²) in [7, 11) is 0. The summed E-state index contributed by atoms with van der Waals surface area (Å²) in [4.78, 5) is 0. The van der Waals surface area contributed by atoms with Crippen LogP contribution in [0.25, 0.3) is 9.75 Å². The first-order chi connectivity index (χ1) is 5.86. The van der Waals surface area contributed by atoms with Crippen LogP contribution in [0.1, 0.15) is 0 Å². The van der Waals surface area contributed by atoms with Crippen molar-refractivity contribution >= 4 is 27.7 Å². The van der Waals surface area contributed by atoms with Gasteiger partial charge in [-0.25, -0.2) is 0 Å². The van der Waals surface area contributed by atoms with Gasteiger partial charge in [-0.15, -0.1) is 0 Å². The van der Waals surface area contributed by atoms with Gasteiger partial charge >= 0.3 is 0 Å². The van der Waals surface area contributed by atoms with Gasteiger partial charge in [-0.2, -0.15) is 0 Å². The van der Waals surface area contributed by atoms with Crippen LogP contribution in [-0.4, -0.2) is 0 Å². The van der Waals surface area contributed by atoms with Gasteiger partial charge < -0.3 is 5.73 Å². The fourth-order valence-corrected chi connectivity index (χ4v) is 2.89. The molecule has 0 saturated heterocycles. The van der Waals surface area contributed by atoms with Gasteiger partial charge in [0.25, 0.3) is 4.19 Å². The van der Waals surface area contributed by atoms with Crippen molar-refractivity contribution in [2.24, 2.45) is 0 Å². The summed E-state index contributed by atoms with van der Waals surface area (Å²) in [6.07, 6.45) is 0. The Morgan fingerprint density at radius 1 is 1.17 bits per heavy atom. The van der Waals surface area contributed by atoms with Gasteiger partial charge in [0.1, 0.15) is 11.3 Å². The molecule has 2 aromatic rings. The molecule has 0 aliphatic heterocycles. The van der Waals surface area contributed by atoms with E-state index in [4.69, 9.17) is 5.73 Å². The summed E-state index contributed by atoms with van der Waals surface area (Å²) in [6, 6.07) is 10.3. The smallest absolute Gasteiger partial charge is 0.287 e. The Morgan fingerprint density at radius 2 is 1.92 bits per heavy atom. The second-order valence-electron chi connectivity index (χ2n) is 2.39. The van der Waals surface area contributed by atoms with Crippen molar-refractivity contribution in [3.05, 3.63) is 35.7 Å². The Labute approximate surface area is 79.1 Å². The monoisotopic (exact) mass is 194 g/mol. The summed E-state index contributed by atoms with van der Waals surface area (Å²) < 4.78 is 1.27. The average Bonchev–Trinajstić information content (AvgIpc) is 2.54. The molecule has 1 heterocycles. The molecular formula is C9H8NS2+. The Morgan fingerprint density at radius 3 is 2.50 bits per heavy atom. The minimum atomic E-state index is 0.888. The van der Waals surface area contributed by atoms with Crippen molar-refractivity contribution in [3.63, 3.8) is 0 Å². The fraction of sp³-hybridized carbons (Fsp3) is 0. The van der Waals surface area contributed by atoms with Gasteiger partial charge in [0, 0.05) is 5.56 Å². The zero-order chi connectivity index (χ0) is 8.39. The predicted octanol–water partition coefficient (Wildman–Crippen LogP) is 3.34. The van der Waals surface area contributed by atoms with Gasteiger partial charge in [-0.1, -0.05) is 18.2 Å². The van der Waals surface area contributed by atoms with E-state index in [9.17, 15) is 0 Å². The fourth-order valence-electron chi connectivity index (χ4n) is 0.968. The molecule has 1 nitrogen and oxygen atoms in total. The second-order valence-corrected chi connectivity index (χ2v) is 4.62. The molecule has 0 atom stereocenters. The average molecular weight is 194 g/mol. The molecule has 1 aromatic heterocycles. The van der Waals surface area contributed by atoms with Crippen molar-refractivity contribution in [1.82, 2.24) is 0 Å². The van der Waals surface area contributed by atoms with Crippen LogP contribution in [-0.2, 0) is 0 Å². The lowest BCUT2D eigenvalue weighted by Gasteiger charge is -1.85. The molecule has 12 heavy (non-hydrogen) atoms. The largest absolute Gasteiger partial charge is 0.370 e. The van der Waals surface area contributed by atoms with Crippen LogP contribution in [0.3, 0.4) is 0 Å². The van der Waals surface area contributed by atoms with E-state index in [1.165, 1.54) is 9.75 Å². The molecule has 0 aliphatic rings. The quantitative estimate of drug-likeness (QED) is 0.692. The molecule has 0 radical (unpaired) electrons. The lowest BCUT2D eigenvalue weighted by atomic mass is 10.2. The molecule has 0 aliphatic carbocycles. The van der Waals surface area contributed by atoms with E-state index in [1.54, 1.807) is 22.7 Å². The zero-order valence-electron chi connectivity index (χ0n) is 6.36. The third-order valence-corrected chi connectivity index (χ3v) is 3.79. The van der Waals surface area contributed by atoms with E-state index in [-0.39, 0.29) is 0 Å². The van der Waals surface area contributed by atoms with Gasteiger partial charge in [0.15, 0.2) is 5.38 Å². The molecule has 0 bridgehead atoms. The molecule has 60 valence electrons. The first-order valence-corrected chi connectivity index (χ1v) is 5.28. The molecule has 2 rings (SSSR count). The lowest BCUT2D eigenvalue weighted by Crippen LogP contribution is -1.72. The molecule has 0 amide bonds. The predicted molar refractivity (Wildman–Crippen MR) is 56.5 cm³/mol. The van der Waals surface area contributed by atoms with Gasteiger partial charge in [0.05, 0.1) is 11.3 Å². The number of benzene rings is 1. The van der Waals surface area contributed by atoms with E-state index in [1.807, 2.05) is 23.6 Å². The number of hydrogen-bond donors (Lipinski definition) is 1. The highest BCUT2D eigenvalue weighted by molar-refractivity contribution is 7.37. The second kappa shape index (κ2) is 3.21. The van der Waals surface area contributed by atoms with Crippen LogP contribution in [0.15, 0.2) is 35.7 Å². The maximum absolute atomic E-state index is 5.64. The van der Waals surface area contributed by atoms with Crippen molar-refractivity contribution in [2.45, 2.75) is 0 Å². The van der Waals surface area contributed by atoms with Crippen molar-refractivity contribution in [2.75, 3.05) is 5.73 Å². The lowest BCUT2D eigenvalue weighted by molar-refractivity contribution is 1.72. The van der Waals surface area contributed by atoms with Crippen LogP contribution in [0, 0.1) is 0 Å². The standard InChI is InChI=1S/C9H8NS2/c10-8-6-11-9(12-8)7-4-2-1-3-5-7/h1-6H,10H2/q+1. The molecule has 0 saturated carbocycles. The third-order valence-electron chi connectivity index (χ3n) is 1.50. The number of nitrogen functional groups attached to an aromatic ring is 1. The molecule has 1 aromatic carbocycles. The molecule has 0 spiro atoms. The highest BCUT2D eigenvalue weighted by Gasteiger charge is 2.12. The van der Waals surface area contributed by atoms with E-state index >= 15 is 0 Å². The van der Waals surface area contributed by atoms with Crippen molar-refractivity contribution < 1.29 is 0 Å².